The summed E-state index contributed by atoms with van der Waals surface area (Å²) < 4.78 is 5.06. The summed E-state index contributed by atoms with van der Waals surface area (Å²) in [5, 5.41) is 14.2. The smallest absolute Gasteiger partial charge is 0.253 e. The van der Waals surface area contributed by atoms with Crippen LogP contribution in [0.15, 0.2) is 42.5 Å². The van der Waals surface area contributed by atoms with E-state index in [1.54, 1.807) is 24.3 Å². The first-order valence-corrected chi connectivity index (χ1v) is 7.76. The Morgan fingerprint density at radius 1 is 1.17 bits per heavy atom. The van der Waals surface area contributed by atoms with Crippen LogP contribution in [0.5, 0.6) is 5.75 Å². The first kappa shape index (κ1) is 18.1. The maximum absolute atomic E-state index is 12.4. The highest BCUT2D eigenvalue weighted by Crippen LogP contribution is 2.24. The minimum Gasteiger partial charge on any atom is -0.550 e. The molecule has 0 bridgehead atoms. The lowest BCUT2D eigenvalue weighted by atomic mass is 10.0. The third kappa shape index (κ3) is 4.63. The van der Waals surface area contributed by atoms with Gasteiger partial charge in [0, 0.05) is 17.4 Å². The van der Waals surface area contributed by atoms with E-state index in [1.807, 2.05) is 0 Å². The van der Waals surface area contributed by atoms with Crippen LogP contribution in [0.3, 0.4) is 0 Å². The number of carboxylic acids is 1. The van der Waals surface area contributed by atoms with Gasteiger partial charge in [-0.25, -0.2) is 0 Å². The van der Waals surface area contributed by atoms with E-state index in [1.165, 1.54) is 25.3 Å². The highest BCUT2D eigenvalue weighted by Gasteiger charge is 2.18. The van der Waals surface area contributed by atoms with Crippen LogP contribution in [0.25, 0.3) is 0 Å². The first-order chi connectivity index (χ1) is 11.4. The maximum atomic E-state index is 12.4. The van der Waals surface area contributed by atoms with Gasteiger partial charge in [0.05, 0.1) is 23.7 Å². The van der Waals surface area contributed by atoms with Crippen LogP contribution in [0.1, 0.15) is 28.4 Å². The monoisotopic (exact) mass is 366 g/mol. The summed E-state index contributed by atoms with van der Waals surface area (Å²) in [5.74, 6) is -1.16. The van der Waals surface area contributed by atoms with Gasteiger partial charge in [0.1, 0.15) is 5.75 Å². The Morgan fingerprint density at radius 2 is 1.83 bits per heavy atom. The molecular weight excluding hydrogens is 353 g/mol. The van der Waals surface area contributed by atoms with Crippen LogP contribution in [0, 0.1) is 0 Å². The van der Waals surface area contributed by atoms with Crippen molar-refractivity contribution in [3.05, 3.63) is 63.6 Å². The van der Waals surface area contributed by atoms with Gasteiger partial charge < -0.3 is 20.0 Å². The number of hydrogen-bond acceptors (Lipinski definition) is 4. The van der Waals surface area contributed by atoms with Gasteiger partial charge in [-0.3, -0.25) is 4.79 Å². The van der Waals surface area contributed by atoms with Crippen molar-refractivity contribution < 1.29 is 19.4 Å². The van der Waals surface area contributed by atoms with Gasteiger partial charge in [0.25, 0.3) is 5.91 Å². The number of benzene rings is 2. The normalized spacial score (nSPS) is 11.6. The van der Waals surface area contributed by atoms with E-state index in [4.69, 9.17) is 27.9 Å². The molecule has 0 fully saturated rings. The summed E-state index contributed by atoms with van der Waals surface area (Å²) in [6.07, 6.45) is -0.372. The van der Waals surface area contributed by atoms with Crippen LogP contribution in [0.4, 0.5) is 0 Å². The molecule has 0 aliphatic rings. The van der Waals surface area contributed by atoms with Gasteiger partial charge in [-0.05, 0) is 35.9 Å². The van der Waals surface area contributed by atoms with Crippen LogP contribution in [-0.2, 0) is 4.79 Å². The molecule has 0 aliphatic carbocycles. The first-order valence-electron chi connectivity index (χ1n) is 7.00. The van der Waals surface area contributed by atoms with Crippen LogP contribution in [0.2, 0.25) is 10.0 Å². The van der Waals surface area contributed by atoms with Gasteiger partial charge in [0.2, 0.25) is 0 Å². The molecule has 0 saturated carbocycles. The third-order valence-corrected chi connectivity index (χ3v) is 3.92. The Hall–Kier alpha value is -2.24. The second-order valence-electron chi connectivity index (χ2n) is 5.00. The molecule has 126 valence electrons. The van der Waals surface area contributed by atoms with E-state index in [2.05, 4.69) is 5.32 Å². The summed E-state index contributed by atoms with van der Waals surface area (Å²) in [6, 6.07) is 10.4. The zero-order valence-corrected chi connectivity index (χ0v) is 14.2. The van der Waals surface area contributed by atoms with E-state index in [0.717, 1.165) is 0 Å². The predicted octanol–water partition coefficient (Wildman–Crippen LogP) is 2.61. The maximum Gasteiger partial charge on any atom is 0.253 e. The Bertz CT molecular complexity index is 747. The lowest BCUT2D eigenvalue weighted by molar-refractivity contribution is -0.306. The van der Waals surface area contributed by atoms with Gasteiger partial charge in [-0.15, -0.1) is 0 Å². The highest BCUT2D eigenvalue weighted by atomic mass is 35.5. The van der Waals surface area contributed by atoms with E-state index >= 15 is 0 Å². The van der Waals surface area contributed by atoms with Crippen molar-refractivity contribution in [1.82, 2.24) is 5.32 Å². The number of halogens is 2. The average molecular weight is 367 g/mol. The lowest BCUT2D eigenvalue weighted by Crippen LogP contribution is -2.34. The fourth-order valence-electron chi connectivity index (χ4n) is 2.16. The highest BCUT2D eigenvalue weighted by molar-refractivity contribution is 6.36. The predicted molar refractivity (Wildman–Crippen MR) is 89.3 cm³/mol. The molecule has 0 unspecified atom stereocenters. The topological polar surface area (TPSA) is 78.5 Å². The molecule has 0 spiro atoms. The number of aliphatic carboxylic acids is 1. The van der Waals surface area contributed by atoms with E-state index < -0.39 is 17.9 Å². The molecule has 2 rings (SSSR count). The zero-order chi connectivity index (χ0) is 17.7. The van der Waals surface area contributed by atoms with E-state index in [9.17, 15) is 14.7 Å². The Labute approximate surface area is 149 Å². The van der Waals surface area contributed by atoms with Crippen molar-refractivity contribution in [2.75, 3.05) is 7.11 Å². The molecule has 1 N–H and O–H groups in total. The average Bonchev–Trinajstić information content (AvgIpc) is 2.53. The summed E-state index contributed by atoms with van der Waals surface area (Å²) >= 11 is 11.8. The molecule has 1 atom stereocenters. The molecule has 0 heterocycles. The summed E-state index contributed by atoms with van der Waals surface area (Å²) in [5.41, 5.74) is 0.816. The standard InChI is InChI=1S/C17H15Cl2NO4/c1-24-12-5-2-10(3-6-12)15(9-16(21)22)20-17(23)13-7-4-11(18)8-14(13)19/h2-8,15H,9H2,1H3,(H,20,23)(H,21,22)/p-1/t15-/m0/s1. The van der Waals surface area contributed by atoms with Crippen LogP contribution < -0.4 is 15.2 Å². The molecule has 0 aliphatic heterocycles. The molecule has 7 heteroatoms. The fourth-order valence-corrected chi connectivity index (χ4v) is 2.66. The van der Waals surface area contributed by atoms with Gasteiger partial charge in [0.15, 0.2) is 0 Å². The molecule has 0 saturated heterocycles. The fraction of sp³-hybridized carbons (Fsp3) is 0.176. The third-order valence-electron chi connectivity index (χ3n) is 3.37. The van der Waals surface area contributed by atoms with Crippen molar-refractivity contribution in [2.24, 2.45) is 0 Å². The molecular formula is C17H14Cl2NO4-. The zero-order valence-electron chi connectivity index (χ0n) is 12.7. The van der Waals surface area contributed by atoms with Crippen molar-refractivity contribution in [2.45, 2.75) is 12.5 Å². The number of hydrogen-bond donors (Lipinski definition) is 1. The quantitative estimate of drug-likeness (QED) is 0.851. The molecule has 2 aromatic rings. The number of nitrogens with one attached hydrogen (secondary N) is 1. The van der Waals surface area contributed by atoms with Gasteiger partial charge in [-0.2, -0.15) is 0 Å². The van der Waals surface area contributed by atoms with Gasteiger partial charge in [-0.1, -0.05) is 35.3 Å². The number of carboxylic acid groups (broad SMARTS) is 1. The van der Waals surface area contributed by atoms with E-state index in [0.29, 0.717) is 16.3 Å². The minimum absolute atomic E-state index is 0.182. The second-order valence-corrected chi connectivity index (χ2v) is 5.84. The Kier molecular flexibility index (Phi) is 6.06. The van der Waals surface area contributed by atoms with Crippen molar-refractivity contribution in [3.63, 3.8) is 0 Å². The molecule has 0 aromatic heterocycles. The van der Waals surface area contributed by atoms with Crippen LogP contribution in [-0.4, -0.2) is 19.0 Å². The number of amides is 1. The lowest BCUT2D eigenvalue weighted by Gasteiger charge is -2.20. The molecule has 1 amide bonds. The Morgan fingerprint density at radius 3 is 2.38 bits per heavy atom. The number of rotatable bonds is 6. The molecule has 2 aromatic carbocycles. The summed E-state index contributed by atoms with van der Waals surface area (Å²) in [6.45, 7) is 0. The SMILES string of the molecule is COc1ccc([C@H](CC(=O)[O-])NC(=O)c2ccc(Cl)cc2Cl)cc1. The largest absolute Gasteiger partial charge is 0.550 e. The van der Waals surface area contributed by atoms with Crippen LogP contribution >= 0.6 is 23.2 Å². The Balaban J connectivity index is 2.24. The number of ether oxygens (including phenoxy) is 1. The van der Waals surface area contributed by atoms with Gasteiger partial charge >= 0.3 is 0 Å². The number of methoxy groups -OCH3 is 1. The number of carbonyl (C=O) groups excluding carboxylic acids is 2. The van der Waals surface area contributed by atoms with Crippen molar-refractivity contribution in [1.29, 1.82) is 0 Å². The molecule has 0 radical (unpaired) electrons. The van der Waals surface area contributed by atoms with E-state index in [-0.39, 0.29) is 17.0 Å². The number of carbonyl (C=O) groups is 2. The molecule has 24 heavy (non-hydrogen) atoms. The summed E-state index contributed by atoms with van der Waals surface area (Å²) in [7, 11) is 1.53. The van der Waals surface area contributed by atoms with Crippen molar-refractivity contribution >= 4 is 35.1 Å². The summed E-state index contributed by atoms with van der Waals surface area (Å²) in [4.78, 5) is 23.4. The van der Waals surface area contributed by atoms with Crippen molar-refractivity contribution in [3.8, 4) is 5.75 Å². The second kappa shape index (κ2) is 8.04. The minimum atomic E-state index is -1.28. The molecule has 5 nitrogen and oxygen atoms in total.